The molecule has 0 radical (unpaired) electrons. The molecular weight excluding hydrogens is 262 g/mol. The topological polar surface area (TPSA) is 81.7 Å². The highest BCUT2D eigenvalue weighted by molar-refractivity contribution is 5.99. The maximum atomic E-state index is 11.7. The molecule has 1 N–H and O–H groups in total. The SMILES string of the molecule is COC(=O)c1cc(NC(=O)C(C)C)cc(C(=O)OC)c1. The van der Waals surface area contributed by atoms with Crippen LogP contribution >= 0.6 is 0 Å². The number of esters is 2. The summed E-state index contributed by atoms with van der Waals surface area (Å²) in [5, 5.41) is 2.63. The minimum absolute atomic E-state index is 0.162. The van der Waals surface area contributed by atoms with Gasteiger partial charge in [0.2, 0.25) is 5.91 Å². The van der Waals surface area contributed by atoms with E-state index in [0.29, 0.717) is 5.69 Å². The number of anilines is 1. The Kier molecular flexibility index (Phi) is 5.25. The van der Waals surface area contributed by atoms with Crippen LogP contribution in [0.15, 0.2) is 18.2 Å². The van der Waals surface area contributed by atoms with Gasteiger partial charge >= 0.3 is 11.9 Å². The third-order valence-corrected chi connectivity index (χ3v) is 2.57. The molecule has 6 heteroatoms. The molecule has 1 rings (SSSR count). The number of rotatable bonds is 4. The first-order chi connectivity index (χ1) is 9.38. The lowest BCUT2D eigenvalue weighted by molar-refractivity contribution is -0.118. The minimum Gasteiger partial charge on any atom is -0.465 e. The maximum Gasteiger partial charge on any atom is 0.337 e. The van der Waals surface area contributed by atoms with Gasteiger partial charge in [-0.1, -0.05) is 13.8 Å². The summed E-state index contributed by atoms with van der Waals surface area (Å²) >= 11 is 0. The third kappa shape index (κ3) is 3.81. The summed E-state index contributed by atoms with van der Waals surface area (Å²) in [7, 11) is 2.47. The van der Waals surface area contributed by atoms with Gasteiger partial charge in [0, 0.05) is 11.6 Å². The van der Waals surface area contributed by atoms with Crippen molar-refractivity contribution in [3.63, 3.8) is 0 Å². The zero-order chi connectivity index (χ0) is 15.3. The summed E-state index contributed by atoms with van der Waals surface area (Å²) in [6.07, 6.45) is 0. The zero-order valence-corrected chi connectivity index (χ0v) is 11.9. The van der Waals surface area contributed by atoms with Crippen molar-refractivity contribution in [1.82, 2.24) is 0 Å². The van der Waals surface area contributed by atoms with Gasteiger partial charge in [-0.15, -0.1) is 0 Å². The molecule has 0 heterocycles. The first kappa shape index (κ1) is 15.7. The zero-order valence-electron chi connectivity index (χ0n) is 11.9. The van der Waals surface area contributed by atoms with Crippen LogP contribution in [-0.2, 0) is 14.3 Å². The number of hydrogen-bond donors (Lipinski definition) is 1. The number of carbonyl (C=O) groups is 3. The van der Waals surface area contributed by atoms with E-state index < -0.39 is 11.9 Å². The highest BCUT2D eigenvalue weighted by atomic mass is 16.5. The molecule has 0 bridgehead atoms. The molecule has 0 aliphatic rings. The number of nitrogens with one attached hydrogen (secondary N) is 1. The molecule has 0 aromatic heterocycles. The van der Waals surface area contributed by atoms with Gasteiger partial charge in [0.1, 0.15) is 0 Å². The fraction of sp³-hybridized carbons (Fsp3) is 0.357. The summed E-state index contributed by atoms with van der Waals surface area (Å²) in [6.45, 7) is 3.47. The van der Waals surface area contributed by atoms with Crippen LogP contribution in [0.1, 0.15) is 34.6 Å². The van der Waals surface area contributed by atoms with Crippen molar-refractivity contribution in [3.8, 4) is 0 Å². The van der Waals surface area contributed by atoms with Gasteiger partial charge in [0.25, 0.3) is 0 Å². The van der Waals surface area contributed by atoms with E-state index in [2.05, 4.69) is 14.8 Å². The molecule has 0 spiro atoms. The molecule has 0 atom stereocenters. The number of carbonyl (C=O) groups excluding carboxylic acids is 3. The summed E-state index contributed by atoms with van der Waals surface area (Å²) in [5.74, 6) is -1.65. The van der Waals surface area contributed by atoms with Crippen LogP contribution < -0.4 is 5.32 Å². The first-order valence-electron chi connectivity index (χ1n) is 6.01. The van der Waals surface area contributed by atoms with Crippen LogP contribution in [0.3, 0.4) is 0 Å². The molecule has 6 nitrogen and oxygen atoms in total. The summed E-state index contributed by atoms with van der Waals surface area (Å²) in [4.78, 5) is 34.8. The minimum atomic E-state index is -0.601. The van der Waals surface area contributed by atoms with Crippen LogP contribution in [0.25, 0.3) is 0 Å². The molecule has 0 saturated carbocycles. The second-order valence-electron chi connectivity index (χ2n) is 4.43. The van der Waals surface area contributed by atoms with E-state index in [1.807, 2.05) is 0 Å². The second-order valence-corrected chi connectivity index (χ2v) is 4.43. The Hall–Kier alpha value is -2.37. The highest BCUT2D eigenvalue weighted by Crippen LogP contribution is 2.17. The van der Waals surface area contributed by atoms with Crippen molar-refractivity contribution < 1.29 is 23.9 Å². The van der Waals surface area contributed by atoms with Crippen LogP contribution in [0, 0.1) is 5.92 Å². The van der Waals surface area contributed by atoms with E-state index in [1.165, 1.54) is 32.4 Å². The molecule has 0 saturated heterocycles. The standard InChI is InChI=1S/C14H17NO5/c1-8(2)12(16)15-11-6-9(13(17)19-3)5-10(7-11)14(18)20-4/h5-8H,1-4H3,(H,15,16). The fourth-order valence-electron chi connectivity index (χ4n) is 1.46. The number of methoxy groups -OCH3 is 2. The molecule has 0 unspecified atom stereocenters. The van der Waals surface area contributed by atoms with Crippen molar-refractivity contribution in [1.29, 1.82) is 0 Å². The van der Waals surface area contributed by atoms with Crippen LogP contribution in [0.5, 0.6) is 0 Å². The fourth-order valence-corrected chi connectivity index (χ4v) is 1.46. The Morgan fingerprint density at radius 1 is 0.950 bits per heavy atom. The average molecular weight is 279 g/mol. The maximum absolute atomic E-state index is 11.7. The third-order valence-electron chi connectivity index (χ3n) is 2.57. The Bertz CT molecular complexity index is 502. The summed E-state index contributed by atoms with van der Waals surface area (Å²) in [6, 6.07) is 4.24. The van der Waals surface area contributed by atoms with Crippen LogP contribution in [0.2, 0.25) is 0 Å². The van der Waals surface area contributed by atoms with Crippen molar-refractivity contribution in [2.75, 3.05) is 19.5 Å². The van der Waals surface area contributed by atoms with E-state index in [0.717, 1.165) is 0 Å². The molecule has 0 fully saturated rings. The average Bonchev–Trinajstić information content (AvgIpc) is 2.44. The van der Waals surface area contributed by atoms with Gasteiger partial charge in [0.15, 0.2) is 0 Å². The quantitative estimate of drug-likeness (QED) is 0.851. The van der Waals surface area contributed by atoms with E-state index in [9.17, 15) is 14.4 Å². The number of hydrogen-bond acceptors (Lipinski definition) is 5. The molecule has 1 aromatic rings. The largest absolute Gasteiger partial charge is 0.465 e. The Labute approximate surface area is 117 Å². The summed E-state index contributed by atoms with van der Waals surface area (Å²) < 4.78 is 9.22. The lowest BCUT2D eigenvalue weighted by atomic mass is 10.1. The van der Waals surface area contributed by atoms with Crippen molar-refractivity contribution in [2.24, 2.45) is 5.92 Å². The Balaban J connectivity index is 3.19. The Morgan fingerprint density at radius 3 is 1.75 bits per heavy atom. The molecule has 0 aliphatic heterocycles. The smallest absolute Gasteiger partial charge is 0.337 e. The number of benzene rings is 1. The molecular formula is C14H17NO5. The summed E-state index contributed by atoms with van der Waals surface area (Å²) in [5.41, 5.74) is 0.663. The van der Waals surface area contributed by atoms with Gasteiger partial charge in [-0.25, -0.2) is 9.59 Å². The highest BCUT2D eigenvalue weighted by Gasteiger charge is 2.15. The molecule has 1 aromatic carbocycles. The number of ether oxygens (including phenoxy) is 2. The lowest BCUT2D eigenvalue weighted by Crippen LogP contribution is -2.18. The van der Waals surface area contributed by atoms with Crippen LogP contribution in [-0.4, -0.2) is 32.1 Å². The van der Waals surface area contributed by atoms with Gasteiger partial charge < -0.3 is 14.8 Å². The predicted molar refractivity (Wildman–Crippen MR) is 72.6 cm³/mol. The van der Waals surface area contributed by atoms with E-state index in [1.54, 1.807) is 13.8 Å². The first-order valence-corrected chi connectivity index (χ1v) is 6.01. The molecule has 0 aliphatic carbocycles. The van der Waals surface area contributed by atoms with E-state index >= 15 is 0 Å². The van der Waals surface area contributed by atoms with Gasteiger partial charge in [-0.2, -0.15) is 0 Å². The van der Waals surface area contributed by atoms with E-state index in [-0.39, 0.29) is 23.0 Å². The predicted octanol–water partition coefficient (Wildman–Crippen LogP) is 1.85. The number of amides is 1. The van der Waals surface area contributed by atoms with E-state index in [4.69, 9.17) is 0 Å². The monoisotopic (exact) mass is 279 g/mol. The second kappa shape index (κ2) is 6.70. The molecule has 20 heavy (non-hydrogen) atoms. The van der Waals surface area contributed by atoms with Gasteiger partial charge in [-0.05, 0) is 18.2 Å². The Morgan fingerprint density at radius 2 is 1.40 bits per heavy atom. The van der Waals surface area contributed by atoms with Crippen molar-refractivity contribution >= 4 is 23.5 Å². The molecule has 1 amide bonds. The van der Waals surface area contributed by atoms with Gasteiger partial charge in [0.05, 0.1) is 25.3 Å². The van der Waals surface area contributed by atoms with Crippen molar-refractivity contribution in [2.45, 2.75) is 13.8 Å². The molecule has 108 valence electrons. The lowest BCUT2D eigenvalue weighted by Gasteiger charge is -2.10. The normalized spacial score (nSPS) is 10.1. The van der Waals surface area contributed by atoms with Crippen molar-refractivity contribution in [3.05, 3.63) is 29.3 Å². The van der Waals surface area contributed by atoms with Crippen LogP contribution in [0.4, 0.5) is 5.69 Å². The van der Waals surface area contributed by atoms with Gasteiger partial charge in [-0.3, -0.25) is 4.79 Å².